The third-order valence-corrected chi connectivity index (χ3v) is 3.81. The minimum absolute atomic E-state index is 0.260. The lowest BCUT2D eigenvalue weighted by Gasteiger charge is -2.21. The van der Waals surface area contributed by atoms with Crippen LogP contribution in [0.3, 0.4) is 0 Å². The van der Waals surface area contributed by atoms with Gasteiger partial charge in [0.05, 0.1) is 12.7 Å². The molecule has 106 valence electrons. The molecule has 3 heteroatoms. The number of benzene rings is 1. The van der Waals surface area contributed by atoms with Crippen LogP contribution in [0.2, 0.25) is 0 Å². The monoisotopic (exact) mass is 263 g/mol. The van der Waals surface area contributed by atoms with Crippen molar-refractivity contribution in [2.24, 2.45) is 5.92 Å². The van der Waals surface area contributed by atoms with Gasteiger partial charge < -0.3 is 14.8 Å². The Morgan fingerprint density at radius 2 is 2.26 bits per heavy atom. The number of anilines is 1. The van der Waals surface area contributed by atoms with Crippen LogP contribution >= 0.6 is 0 Å². The maximum Gasteiger partial charge on any atom is 0.121 e. The van der Waals surface area contributed by atoms with E-state index in [1.807, 2.05) is 12.1 Å². The van der Waals surface area contributed by atoms with Gasteiger partial charge in [-0.05, 0) is 38.8 Å². The van der Waals surface area contributed by atoms with Crippen LogP contribution in [-0.2, 0) is 4.74 Å². The number of hydrogen-bond acceptors (Lipinski definition) is 3. The van der Waals surface area contributed by atoms with E-state index in [9.17, 15) is 0 Å². The summed E-state index contributed by atoms with van der Waals surface area (Å²) in [5.74, 6) is 1.55. The number of rotatable bonds is 6. The summed E-state index contributed by atoms with van der Waals surface area (Å²) in [6.45, 7) is 8.22. The van der Waals surface area contributed by atoms with Crippen LogP contribution in [0.15, 0.2) is 24.3 Å². The normalized spacial score (nSPS) is 21.9. The van der Waals surface area contributed by atoms with Crippen LogP contribution in [0.4, 0.5) is 5.69 Å². The maximum atomic E-state index is 5.85. The van der Waals surface area contributed by atoms with E-state index in [2.05, 4.69) is 38.2 Å². The molecule has 0 aromatic heterocycles. The van der Waals surface area contributed by atoms with Gasteiger partial charge >= 0.3 is 0 Å². The van der Waals surface area contributed by atoms with E-state index < -0.39 is 0 Å². The van der Waals surface area contributed by atoms with Crippen molar-refractivity contribution in [1.82, 2.24) is 0 Å². The van der Waals surface area contributed by atoms with Crippen molar-refractivity contribution < 1.29 is 9.47 Å². The lowest BCUT2D eigenvalue weighted by Crippen LogP contribution is -2.26. The van der Waals surface area contributed by atoms with Gasteiger partial charge in [-0.3, -0.25) is 0 Å². The Labute approximate surface area is 116 Å². The van der Waals surface area contributed by atoms with Crippen LogP contribution in [0.5, 0.6) is 5.75 Å². The number of hydrogen-bond donors (Lipinski definition) is 1. The molecule has 0 radical (unpaired) electrons. The molecule has 0 amide bonds. The highest BCUT2D eigenvalue weighted by Gasteiger charge is 2.22. The quantitative estimate of drug-likeness (QED) is 0.849. The second-order valence-corrected chi connectivity index (χ2v) is 5.42. The zero-order valence-electron chi connectivity index (χ0n) is 12.2. The Bertz CT molecular complexity index is 388. The highest BCUT2D eigenvalue weighted by molar-refractivity contribution is 5.48. The molecule has 1 aromatic carbocycles. The molecule has 1 aliphatic rings. The minimum atomic E-state index is 0.260. The van der Waals surface area contributed by atoms with Gasteiger partial charge in [-0.15, -0.1) is 0 Å². The van der Waals surface area contributed by atoms with Crippen molar-refractivity contribution in [1.29, 1.82) is 0 Å². The minimum Gasteiger partial charge on any atom is -0.491 e. The molecule has 0 saturated carbocycles. The molecule has 1 fully saturated rings. The third-order valence-electron chi connectivity index (χ3n) is 3.81. The van der Waals surface area contributed by atoms with Crippen molar-refractivity contribution in [2.75, 3.05) is 18.5 Å². The van der Waals surface area contributed by atoms with E-state index in [0.717, 1.165) is 37.5 Å². The second-order valence-electron chi connectivity index (χ2n) is 5.42. The van der Waals surface area contributed by atoms with Crippen molar-refractivity contribution >= 4 is 5.69 Å². The topological polar surface area (TPSA) is 30.5 Å². The molecule has 2 rings (SSSR count). The molecule has 0 spiro atoms. The zero-order valence-corrected chi connectivity index (χ0v) is 12.2. The standard InChI is InChI=1S/C16H25NO2/c1-4-12(2)19-16-7-5-6-15(10-16)17-13(3)14-8-9-18-11-14/h5-7,10,12-14,17H,4,8-9,11H2,1-3H3. The SMILES string of the molecule is CCC(C)Oc1cccc(NC(C)C2CCOC2)c1. The largest absolute Gasteiger partial charge is 0.491 e. The summed E-state index contributed by atoms with van der Waals surface area (Å²) in [6.07, 6.45) is 2.43. The van der Waals surface area contributed by atoms with Crippen LogP contribution in [-0.4, -0.2) is 25.4 Å². The first-order chi connectivity index (χ1) is 9.19. The Morgan fingerprint density at radius 3 is 2.95 bits per heavy atom. The Morgan fingerprint density at radius 1 is 1.42 bits per heavy atom. The van der Waals surface area contributed by atoms with Crippen molar-refractivity contribution in [3.63, 3.8) is 0 Å². The molecular weight excluding hydrogens is 238 g/mol. The molecule has 1 N–H and O–H groups in total. The summed E-state index contributed by atoms with van der Waals surface area (Å²) in [4.78, 5) is 0. The number of ether oxygens (including phenoxy) is 2. The van der Waals surface area contributed by atoms with Crippen LogP contribution in [0.1, 0.15) is 33.6 Å². The van der Waals surface area contributed by atoms with Gasteiger partial charge in [0, 0.05) is 30.3 Å². The van der Waals surface area contributed by atoms with Gasteiger partial charge in [-0.25, -0.2) is 0 Å². The van der Waals surface area contributed by atoms with Gasteiger partial charge in [0.2, 0.25) is 0 Å². The lowest BCUT2D eigenvalue weighted by molar-refractivity contribution is 0.183. The van der Waals surface area contributed by atoms with Crippen molar-refractivity contribution in [3.8, 4) is 5.75 Å². The first kappa shape index (κ1) is 14.2. The van der Waals surface area contributed by atoms with Gasteiger partial charge in [0.15, 0.2) is 0 Å². The predicted molar refractivity (Wildman–Crippen MR) is 78.8 cm³/mol. The molecule has 3 atom stereocenters. The first-order valence-corrected chi connectivity index (χ1v) is 7.30. The van der Waals surface area contributed by atoms with Gasteiger partial charge in [0.1, 0.15) is 5.75 Å². The first-order valence-electron chi connectivity index (χ1n) is 7.30. The Hall–Kier alpha value is -1.22. The average molecular weight is 263 g/mol. The molecule has 1 heterocycles. The van der Waals surface area contributed by atoms with Crippen LogP contribution in [0, 0.1) is 5.92 Å². The van der Waals surface area contributed by atoms with Gasteiger partial charge in [-0.1, -0.05) is 13.0 Å². The van der Waals surface area contributed by atoms with E-state index in [-0.39, 0.29) is 6.10 Å². The zero-order chi connectivity index (χ0) is 13.7. The lowest BCUT2D eigenvalue weighted by atomic mass is 10.0. The average Bonchev–Trinajstić information content (AvgIpc) is 2.93. The summed E-state index contributed by atoms with van der Waals surface area (Å²) in [5, 5.41) is 3.56. The fourth-order valence-electron chi connectivity index (χ4n) is 2.30. The smallest absolute Gasteiger partial charge is 0.121 e. The third kappa shape index (κ3) is 4.13. The molecule has 1 aliphatic heterocycles. The summed E-state index contributed by atoms with van der Waals surface area (Å²) in [7, 11) is 0. The summed E-state index contributed by atoms with van der Waals surface area (Å²) >= 11 is 0. The van der Waals surface area contributed by atoms with E-state index in [0.29, 0.717) is 12.0 Å². The fraction of sp³-hybridized carbons (Fsp3) is 0.625. The Balaban J connectivity index is 1.94. The summed E-state index contributed by atoms with van der Waals surface area (Å²) < 4.78 is 11.3. The molecule has 3 unspecified atom stereocenters. The molecule has 1 saturated heterocycles. The fourth-order valence-corrected chi connectivity index (χ4v) is 2.30. The summed E-state index contributed by atoms with van der Waals surface area (Å²) in [6, 6.07) is 8.66. The van der Waals surface area contributed by atoms with Gasteiger partial charge in [0.25, 0.3) is 0 Å². The van der Waals surface area contributed by atoms with Crippen LogP contribution < -0.4 is 10.1 Å². The highest BCUT2D eigenvalue weighted by atomic mass is 16.5. The van der Waals surface area contributed by atoms with Crippen molar-refractivity contribution in [2.45, 2.75) is 45.8 Å². The molecule has 1 aromatic rings. The molecule has 0 bridgehead atoms. The van der Waals surface area contributed by atoms with E-state index in [1.165, 1.54) is 0 Å². The van der Waals surface area contributed by atoms with Gasteiger partial charge in [-0.2, -0.15) is 0 Å². The molecule has 3 nitrogen and oxygen atoms in total. The molecule has 0 aliphatic carbocycles. The van der Waals surface area contributed by atoms with E-state index in [4.69, 9.17) is 9.47 Å². The molecular formula is C16H25NO2. The van der Waals surface area contributed by atoms with E-state index >= 15 is 0 Å². The molecule has 19 heavy (non-hydrogen) atoms. The second kappa shape index (κ2) is 6.80. The highest BCUT2D eigenvalue weighted by Crippen LogP contribution is 2.23. The number of nitrogens with one attached hydrogen (secondary N) is 1. The Kier molecular flexibility index (Phi) is 5.08. The maximum absolute atomic E-state index is 5.85. The predicted octanol–water partition coefficient (Wildman–Crippen LogP) is 3.70. The van der Waals surface area contributed by atoms with Crippen LogP contribution in [0.25, 0.3) is 0 Å². The van der Waals surface area contributed by atoms with Crippen molar-refractivity contribution in [3.05, 3.63) is 24.3 Å². The van der Waals surface area contributed by atoms with E-state index in [1.54, 1.807) is 0 Å². The summed E-state index contributed by atoms with van der Waals surface area (Å²) in [5.41, 5.74) is 1.13.